The molecule has 0 aliphatic rings. The summed E-state index contributed by atoms with van der Waals surface area (Å²) in [6.07, 6.45) is 0.675. The largest absolute Gasteiger partial charge is 0.497 e. The first-order valence-corrected chi connectivity index (χ1v) is 7.17. The molecule has 2 rings (SSSR count). The minimum Gasteiger partial charge on any atom is -0.497 e. The third-order valence-electron chi connectivity index (χ3n) is 3.24. The third-order valence-corrected chi connectivity index (χ3v) is 3.24. The van der Waals surface area contributed by atoms with E-state index in [1.807, 2.05) is 24.3 Å². The maximum absolute atomic E-state index is 13.0. The van der Waals surface area contributed by atoms with E-state index in [0.717, 1.165) is 23.4 Å². The minimum atomic E-state index is -0.951. The fourth-order valence-corrected chi connectivity index (χ4v) is 2.03. The molecule has 2 aromatic carbocycles. The lowest BCUT2D eigenvalue weighted by Gasteiger charge is -2.09. The standard InChI is InChI=1S/C17H18F2N2O2/c1-23-14-4-2-3-12(9-14)7-8-20-17(22)11-21-13-5-6-15(18)16(19)10-13/h2-6,9-10,21H,7-8,11H2,1H3,(H,20,22). The first-order valence-electron chi connectivity index (χ1n) is 7.17. The maximum atomic E-state index is 13.0. The number of methoxy groups -OCH3 is 1. The fourth-order valence-electron chi connectivity index (χ4n) is 2.03. The Kier molecular flexibility index (Phi) is 5.91. The molecule has 0 saturated heterocycles. The van der Waals surface area contributed by atoms with Crippen molar-refractivity contribution in [1.29, 1.82) is 0 Å². The van der Waals surface area contributed by atoms with Crippen molar-refractivity contribution in [3.05, 3.63) is 59.7 Å². The van der Waals surface area contributed by atoms with E-state index < -0.39 is 11.6 Å². The summed E-state index contributed by atoms with van der Waals surface area (Å²) in [5, 5.41) is 5.50. The predicted octanol–water partition coefficient (Wildman–Crippen LogP) is 2.74. The highest BCUT2D eigenvalue weighted by atomic mass is 19.2. The topological polar surface area (TPSA) is 50.4 Å². The van der Waals surface area contributed by atoms with Crippen molar-refractivity contribution < 1.29 is 18.3 Å². The minimum absolute atomic E-state index is 0.0107. The highest BCUT2D eigenvalue weighted by Gasteiger charge is 2.05. The van der Waals surface area contributed by atoms with Crippen LogP contribution in [0.5, 0.6) is 5.75 Å². The molecule has 0 aliphatic heterocycles. The van der Waals surface area contributed by atoms with Crippen molar-refractivity contribution in [1.82, 2.24) is 5.32 Å². The smallest absolute Gasteiger partial charge is 0.239 e. The fraction of sp³-hybridized carbons (Fsp3) is 0.235. The summed E-state index contributed by atoms with van der Waals surface area (Å²) in [7, 11) is 1.60. The molecule has 0 heterocycles. The Morgan fingerprint density at radius 3 is 2.70 bits per heavy atom. The number of anilines is 1. The van der Waals surface area contributed by atoms with Gasteiger partial charge in [0.25, 0.3) is 0 Å². The van der Waals surface area contributed by atoms with Crippen LogP contribution in [0.2, 0.25) is 0 Å². The molecule has 0 fully saturated rings. The molecular weight excluding hydrogens is 302 g/mol. The van der Waals surface area contributed by atoms with Crippen LogP contribution in [-0.4, -0.2) is 26.1 Å². The number of carbonyl (C=O) groups is 1. The first-order chi connectivity index (χ1) is 11.1. The molecule has 0 radical (unpaired) electrons. The van der Waals surface area contributed by atoms with Gasteiger partial charge in [-0.2, -0.15) is 0 Å². The van der Waals surface area contributed by atoms with E-state index in [4.69, 9.17) is 4.74 Å². The molecule has 0 unspecified atom stereocenters. The molecule has 2 N–H and O–H groups in total. The molecule has 0 aromatic heterocycles. The maximum Gasteiger partial charge on any atom is 0.239 e. The van der Waals surface area contributed by atoms with E-state index >= 15 is 0 Å². The highest BCUT2D eigenvalue weighted by molar-refractivity contribution is 5.80. The zero-order chi connectivity index (χ0) is 16.7. The summed E-state index contributed by atoms with van der Waals surface area (Å²) in [4.78, 5) is 11.7. The number of nitrogens with one attached hydrogen (secondary N) is 2. The summed E-state index contributed by atoms with van der Waals surface area (Å²) in [5.41, 5.74) is 1.41. The van der Waals surface area contributed by atoms with Crippen molar-refractivity contribution in [2.24, 2.45) is 0 Å². The Hall–Kier alpha value is -2.63. The molecule has 0 atom stereocenters. The van der Waals surface area contributed by atoms with Gasteiger partial charge in [0.2, 0.25) is 5.91 Å². The Bertz CT molecular complexity index is 677. The molecule has 2 aromatic rings. The monoisotopic (exact) mass is 320 g/mol. The molecule has 1 amide bonds. The number of hydrogen-bond donors (Lipinski definition) is 2. The van der Waals surface area contributed by atoms with E-state index in [0.29, 0.717) is 18.7 Å². The Labute approximate surface area is 133 Å². The molecule has 0 bridgehead atoms. The van der Waals surface area contributed by atoms with Gasteiger partial charge in [-0.1, -0.05) is 12.1 Å². The number of amides is 1. The summed E-state index contributed by atoms with van der Waals surface area (Å²) in [5.74, 6) is -1.32. The van der Waals surface area contributed by atoms with Crippen molar-refractivity contribution >= 4 is 11.6 Å². The van der Waals surface area contributed by atoms with E-state index in [1.54, 1.807) is 7.11 Å². The van der Waals surface area contributed by atoms with Crippen LogP contribution in [0, 0.1) is 11.6 Å². The van der Waals surface area contributed by atoms with Crippen LogP contribution in [0.3, 0.4) is 0 Å². The van der Waals surface area contributed by atoms with Gasteiger partial charge >= 0.3 is 0 Å². The van der Waals surface area contributed by atoms with Gasteiger partial charge in [-0.3, -0.25) is 4.79 Å². The van der Waals surface area contributed by atoms with E-state index in [9.17, 15) is 13.6 Å². The molecule has 4 nitrogen and oxygen atoms in total. The zero-order valence-corrected chi connectivity index (χ0v) is 12.7. The Morgan fingerprint density at radius 2 is 1.96 bits per heavy atom. The number of halogens is 2. The molecule has 23 heavy (non-hydrogen) atoms. The Balaban J connectivity index is 1.73. The average Bonchev–Trinajstić information content (AvgIpc) is 2.56. The van der Waals surface area contributed by atoms with Crippen molar-refractivity contribution in [3.8, 4) is 5.75 Å². The van der Waals surface area contributed by atoms with Gasteiger partial charge in [-0.25, -0.2) is 8.78 Å². The van der Waals surface area contributed by atoms with Crippen molar-refractivity contribution in [2.75, 3.05) is 25.5 Å². The van der Waals surface area contributed by atoms with Crippen molar-refractivity contribution in [3.63, 3.8) is 0 Å². The zero-order valence-electron chi connectivity index (χ0n) is 12.7. The van der Waals surface area contributed by atoms with E-state index in [-0.39, 0.29) is 12.5 Å². The third kappa shape index (κ3) is 5.25. The molecule has 0 aliphatic carbocycles. The lowest BCUT2D eigenvalue weighted by Crippen LogP contribution is -2.31. The average molecular weight is 320 g/mol. The lowest BCUT2D eigenvalue weighted by atomic mass is 10.1. The van der Waals surface area contributed by atoms with Crippen LogP contribution >= 0.6 is 0 Å². The second-order valence-electron chi connectivity index (χ2n) is 4.93. The van der Waals surface area contributed by atoms with Crippen LogP contribution < -0.4 is 15.4 Å². The molecule has 122 valence electrons. The summed E-state index contributed by atoms with van der Waals surface area (Å²) >= 11 is 0. The summed E-state index contributed by atoms with van der Waals surface area (Å²) in [6.45, 7) is 0.467. The molecule has 0 saturated carbocycles. The van der Waals surface area contributed by atoms with Gasteiger partial charge in [0.1, 0.15) is 5.75 Å². The normalized spacial score (nSPS) is 10.2. The van der Waals surface area contributed by atoms with Crippen LogP contribution in [0.1, 0.15) is 5.56 Å². The van der Waals surface area contributed by atoms with Crippen LogP contribution in [0.4, 0.5) is 14.5 Å². The van der Waals surface area contributed by atoms with Crippen LogP contribution in [0.25, 0.3) is 0 Å². The highest BCUT2D eigenvalue weighted by Crippen LogP contribution is 2.13. The quantitative estimate of drug-likeness (QED) is 0.825. The van der Waals surface area contributed by atoms with Crippen LogP contribution in [0.15, 0.2) is 42.5 Å². The molecular formula is C17H18F2N2O2. The number of hydrogen-bond acceptors (Lipinski definition) is 3. The van der Waals surface area contributed by atoms with Gasteiger partial charge in [0.15, 0.2) is 11.6 Å². The SMILES string of the molecule is COc1cccc(CCNC(=O)CNc2ccc(F)c(F)c2)c1. The number of rotatable bonds is 7. The predicted molar refractivity (Wildman–Crippen MR) is 84.6 cm³/mol. The van der Waals surface area contributed by atoms with Gasteiger partial charge < -0.3 is 15.4 Å². The summed E-state index contributed by atoms with van der Waals surface area (Å²) in [6, 6.07) is 11.0. The number of ether oxygens (including phenoxy) is 1. The molecule has 0 spiro atoms. The number of benzene rings is 2. The van der Waals surface area contributed by atoms with Gasteiger partial charge in [0, 0.05) is 18.3 Å². The van der Waals surface area contributed by atoms with Crippen LogP contribution in [-0.2, 0) is 11.2 Å². The van der Waals surface area contributed by atoms with Gasteiger partial charge in [0.05, 0.1) is 13.7 Å². The van der Waals surface area contributed by atoms with Gasteiger partial charge in [-0.15, -0.1) is 0 Å². The lowest BCUT2D eigenvalue weighted by molar-refractivity contribution is -0.119. The van der Waals surface area contributed by atoms with Gasteiger partial charge in [-0.05, 0) is 36.2 Å². The number of carbonyl (C=O) groups excluding carboxylic acids is 1. The second-order valence-corrected chi connectivity index (χ2v) is 4.93. The second kappa shape index (κ2) is 8.12. The van der Waals surface area contributed by atoms with E-state index in [1.165, 1.54) is 6.07 Å². The summed E-state index contributed by atoms with van der Waals surface area (Å²) < 4.78 is 31.0. The molecule has 6 heteroatoms. The van der Waals surface area contributed by atoms with Crippen molar-refractivity contribution in [2.45, 2.75) is 6.42 Å². The van der Waals surface area contributed by atoms with E-state index in [2.05, 4.69) is 10.6 Å². The Morgan fingerprint density at radius 1 is 1.13 bits per heavy atom. The first kappa shape index (κ1) is 16.7.